The molecule has 2 aromatic carbocycles. The third-order valence-electron chi connectivity index (χ3n) is 5.99. The molecule has 1 atom stereocenters. The first kappa shape index (κ1) is 21.3. The normalized spacial score (nSPS) is 19.7. The van der Waals surface area contributed by atoms with E-state index < -0.39 is 0 Å². The second kappa shape index (κ2) is 8.87. The van der Waals surface area contributed by atoms with E-state index in [-0.39, 0.29) is 12.0 Å². The van der Waals surface area contributed by atoms with Crippen LogP contribution < -0.4 is 0 Å². The van der Waals surface area contributed by atoms with Crippen molar-refractivity contribution in [3.63, 3.8) is 0 Å². The summed E-state index contributed by atoms with van der Waals surface area (Å²) in [5.74, 6) is 0.561. The summed E-state index contributed by atoms with van der Waals surface area (Å²) in [6.07, 6.45) is 5.81. The topological polar surface area (TPSA) is 60.5 Å². The minimum absolute atomic E-state index is 0.0498. The number of amides is 1. The Hall–Kier alpha value is -3.20. The van der Waals surface area contributed by atoms with Gasteiger partial charge in [-0.1, -0.05) is 60.4 Å². The lowest BCUT2D eigenvalue weighted by Crippen LogP contribution is -2.35. The molecule has 0 bridgehead atoms. The number of carbonyl (C=O) groups excluding carboxylic acids is 1. The summed E-state index contributed by atoms with van der Waals surface area (Å²) in [5, 5.41) is 5.83. The average Bonchev–Trinajstić information content (AvgIpc) is 3.64. The predicted octanol–water partition coefficient (Wildman–Crippen LogP) is 5.67. The molecule has 0 N–H and O–H groups in total. The number of carbonyl (C=O) groups is 1. The molecule has 1 unspecified atom stereocenters. The monoisotopic (exact) mass is 487 g/mol. The van der Waals surface area contributed by atoms with Crippen molar-refractivity contribution in [2.45, 2.75) is 18.9 Å². The molecule has 2 aromatic heterocycles. The molecular formula is C26H21N3O3S2. The number of hydrogen-bond acceptors (Lipinski definition) is 6. The van der Waals surface area contributed by atoms with Crippen LogP contribution in [0.2, 0.25) is 0 Å². The number of ether oxygens (including phenoxy) is 1. The molecule has 2 fully saturated rings. The van der Waals surface area contributed by atoms with Crippen molar-refractivity contribution in [2.75, 3.05) is 13.2 Å². The van der Waals surface area contributed by atoms with Crippen LogP contribution in [0.4, 0.5) is 0 Å². The van der Waals surface area contributed by atoms with E-state index in [2.05, 4.69) is 0 Å². The van der Waals surface area contributed by atoms with Gasteiger partial charge in [-0.3, -0.25) is 9.69 Å². The number of fused-ring (bicyclic) bond motifs is 1. The van der Waals surface area contributed by atoms with E-state index in [0.29, 0.717) is 27.2 Å². The standard InChI is InChI=1S/C26H21N3O3S2/c30-25-23(34-26(33)28(25)16-20-10-6-12-31-20)14-18-15-29(19-8-2-1-3-9-19)27-24(18)22-13-17-7-4-5-11-21(17)32-22/h1-5,7-9,11,13-15,20H,6,10,12,16H2. The number of para-hydroxylation sites is 2. The average molecular weight is 488 g/mol. The highest BCUT2D eigenvalue weighted by molar-refractivity contribution is 8.26. The molecule has 2 aliphatic heterocycles. The van der Waals surface area contributed by atoms with Crippen LogP contribution in [-0.4, -0.2) is 44.2 Å². The van der Waals surface area contributed by atoms with E-state index in [1.807, 2.05) is 77.6 Å². The van der Waals surface area contributed by atoms with Gasteiger partial charge in [-0.05, 0) is 43.2 Å². The summed E-state index contributed by atoms with van der Waals surface area (Å²) >= 11 is 6.85. The lowest BCUT2D eigenvalue weighted by atomic mass is 10.1. The molecule has 8 heteroatoms. The van der Waals surface area contributed by atoms with Gasteiger partial charge in [-0.25, -0.2) is 4.68 Å². The lowest BCUT2D eigenvalue weighted by molar-refractivity contribution is -0.123. The van der Waals surface area contributed by atoms with Crippen molar-refractivity contribution in [1.29, 1.82) is 0 Å². The summed E-state index contributed by atoms with van der Waals surface area (Å²) in [4.78, 5) is 15.5. The highest BCUT2D eigenvalue weighted by atomic mass is 32.2. The summed E-state index contributed by atoms with van der Waals surface area (Å²) in [7, 11) is 0. The van der Waals surface area contributed by atoms with Gasteiger partial charge >= 0.3 is 0 Å². The third kappa shape index (κ3) is 3.98. The van der Waals surface area contributed by atoms with Crippen LogP contribution in [0.25, 0.3) is 34.2 Å². The van der Waals surface area contributed by atoms with Crippen LogP contribution in [0.1, 0.15) is 18.4 Å². The zero-order valence-corrected chi connectivity index (χ0v) is 19.8. The first-order valence-corrected chi connectivity index (χ1v) is 12.4. The van der Waals surface area contributed by atoms with E-state index in [9.17, 15) is 4.79 Å². The van der Waals surface area contributed by atoms with Crippen LogP contribution in [0.15, 0.2) is 76.2 Å². The van der Waals surface area contributed by atoms with Gasteiger partial charge in [0.25, 0.3) is 5.91 Å². The minimum atomic E-state index is -0.0893. The highest BCUT2D eigenvalue weighted by Crippen LogP contribution is 2.36. The number of hydrogen-bond donors (Lipinski definition) is 0. The number of benzene rings is 2. The number of aromatic nitrogens is 2. The Balaban J connectivity index is 1.40. The first-order valence-electron chi connectivity index (χ1n) is 11.2. The van der Waals surface area contributed by atoms with Crippen molar-refractivity contribution in [3.05, 3.63) is 77.3 Å². The number of nitrogens with zero attached hydrogens (tertiary/aromatic N) is 3. The maximum atomic E-state index is 13.2. The predicted molar refractivity (Wildman–Crippen MR) is 138 cm³/mol. The van der Waals surface area contributed by atoms with Gasteiger partial charge in [-0.2, -0.15) is 5.10 Å². The summed E-state index contributed by atoms with van der Waals surface area (Å²) in [6, 6.07) is 19.7. The van der Waals surface area contributed by atoms with Crippen LogP contribution in [-0.2, 0) is 9.53 Å². The second-order valence-corrected chi connectivity index (χ2v) is 9.96. The van der Waals surface area contributed by atoms with Crippen molar-refractivity contribution >= 4 is 51.3 Å². The maximum Gasteiger partial charge on any atom is 0.266 e. The molecule has 0 saturated carbocycles. The Bertz CT molecular complexity index is 1380. The van der Waals surface area contributed by atoms with Crippen LogP contribution in [0.3, 0.4) is 0 Å². The molecule has 1 amide bonds. The maximum absolute atomic E-state index is 13.2. The Morgan fingerprint density at radius 2 is 1.97 bits per heavy atom. The van der Waals surface area contributed by atoms with E-state index in [1.54, 1.807) is 4.90 Å². The van der Waals surface area contributed by atoms with Gasteiger partial charge in [0, 0.05) is 23.8 Å². The van der Waals surface area contributed by atoms with Crippen molar-refractivity contribution in [3.8, 4) is 17.1 Å². The largest absolute Gasteiger partial charge is 0.454 e. The number of thioether (sulfide) groups is 1. The van der Waals surface area contributed by atoms with Crippen LogP contribution in [0, 0.1) is 0 Å². The summed E-state index contributed by atoms with van der Waals surface area (Å²) in [6.45, 7) is 1.25. The zero-order chi connectivity index (χ0) is 23.1. The van der Waals surface area contributed by atoms with E-state index in [0.717, 1.165) is 41.7 Å². The molecule has 2 aliphatic rings. The van der Waals surface area contributed by atoms with E-state index >= 15 is 0 Å². The molecule has 4 heterocycles. The number of rotatable bonds is 5. The fourth-order valence-electron chi connectivity index (χ4n) is 4.29. The van der Waals surface area contributed by atoms with Gasteiger partial charge in [0.1, 0.15) is 15.6 Å². The lowest BCUT2D eigenvalue weighted by Gasteiger charge is -2.18. The fourth-order valence-corrected chi connectivity index (χ4v) is 5.55. The van der Waals surface area contributed by atoms with Crippen molar-refractivity contribution in [2.24, 2.45) is 0 Å². The Morgan fingerprint density at radius 1 is 1.15 bits per heavy atom. The SMILES string of the molecule is O=C1C(=Cc2cn(-c3ccccc3)nc2-c2cc3ccccc3o2)SC(=S)N1CC1CCCO1. The molecule has 0 aliphatic carbocycles. The second-order valence-electron chi connectivity index (χ2n) is 8.29. The highest BCUT2D eigenvalue weighted by Gasteiger charge is 2.35. The first-order chi connectivity index (χ1) is 16.7. The third-order valence-corrected chi connectivity index (χ3v) is 7.37. The van der Waals surface area contributed by atoms with E-state index in [1.165, 1.54) is 11.8 Å². The van der Waals surface area contributed by atoms with Gasteiger partial charge < -0.3 is 9.15 Å². The van der Waals surface area contributed by atoms with Crippen molar-refractivity contribution < 1.29 is 13.9 Å². The van der Waals surface area contributed by atoms with Gasteiger partial charge in [0.15, 0.2) is 5.76 Å². The Labute approximate surface area is 206 Å². The van der Waals surface area contributed by atoms with Gasteiger partial charge in [0.05, 0.1) is 23.2 Å². The van der Waals surface area contributed by atoms with Gasteiger partial charge in [-0.15, -0.1) is 0 Å². The molecule has 170 valence electrons. The molecule has 6 rings (SSSR count). The van der Waals surface area contributed by atoms with E-state index in [4.69, 9.17) is 26.5 Å². The van der Waals surface area contributed by atoms with Crippen LogP contribution >= 0.6 is 24.0 Å². The molecule has 34 heavy (non-hydrogen) atoms. The quantitative estimate of drug-likeness (QED) is 0.267. The molecule has 4 aromatic rings. The summed E-state index contributed by atoms with van der Waals surface area (Å²) < 4.78 is 14.2. The Kier molecular flexibility index (Phi) is 5.57. The van der Waals surface area contributed by atoms with Crippen LogP contribution in [0.5, 0.6) is 0 Å². The number of thiocarbonyl (C=S) groups is 1. The van der Waals surface area contributed by atoms with Gasteiger partial charge in [0.2, 0.25) is 0 Å². The molecule has 2 saturated heterocycles. The van der Waals surface area contributed by atoms with Crippen molar-refractivity contribution in [1.82, 2.24) is 14.7 Å². The fraction of sp³-hybridized carbons (Fsp3) is 0.192. The molecule has 0 radical (unpaired) electrons. The minimum Gasteiger partial charge on any atom is -0.454 e. The number of furan rings is 1. The zero-order valence-electron chi connectivity index (χ0n) is 18.2. The molecular weight excluding hydrogens is 466 g/mol. The molecule has 6 nitrogen and oxygen atoms in total. The molecule has 0 spiro atoms. The summed E-state index contributed by atoms with van der Waals surface area (Å²) in [5.41, 5.74) is 3.18. The Morgan fingerprint density at radius 3 is 2.76 bits per heavy atom. The smallest absolute Gasteiger partial charge is 0.266 e.